The van der Waals surface area contributed by atoms with Crippen molar-refractivity contribution < 1.29 is 0 Å². The van der Waals surface area contributed by atoms with E-state index in [0.29, 0.717) is 17.9 Å². The van der Waals surface area contributed by atoms with Crippen molar-refractivity contribution in [1.29, 1.82) is 5.26 Å². The summed E-state index contributed by atoms with van der Waals surface area (Å²) in [7, 11) is 0. The number of thiophene rings is 1. The van der Waals surface area contributed by atoms with E-state index in [2.05, 4.69) is 35.8 Å². The second kappa shape index (κ2) is 4.34. The molecule has 0 spiro atoms. The first-order chi connectivity index (χ1) is 7.26. The topological polar surface area (TPSA) is 35.8 Å². The van der Waals surface area contributed by atoms with Crippen molar-refractivity contribution in [3.05, 3.63) is 22.4 Å². The second-order valence-corrected chi connectivity index (χ2v) is 5.43. The van der Waals surface area contributed by atoms with Gasteiger partial charge in [-0.05, 0) is 36.6 Å². The van der Waals surface area contributed by atoms with Crippen molar-refractivity contribution in [2.75, 3.05) is 6.54 Å². The molecule has 2 rings (SSSR count). The molecule has 0 amide bonds. The van der Waals surface area contributed by atoms with Crippen LogP contribution in [0, 0.1) is 16.7 Å². The van der Waals surface area contributed by atoms with E-state index in [4.69, 9.17) is 5.26 Å². The Balaban J connectivity index is 1.81. The quantitative estimate of drug-likeness (QED) is 0.827. The number of nitriles is 1. The normalized spacial score (nSPS) is 19.5. The van der Waals surface area contributed by atoms with Crippen LogP contribution in [0.2, 0.25) is 0 Å². The van der Waals surface area contributed by atoms with Crippen molar-refractivity contribution in [3.63, 3.8) is 0 Å². The summed E-state index contributed by atoms with van der Waals surface area (Å²) >= 11 is 1.79. The highest BCUT2D eigenvalue weighted by Crippen LogP contribution is 2.48. The van der Waals surface area contributed by atoms with Gasteiger partial charge in [-0.15, -0.1) is 11.3 Å². The Bertz CT molecular complexity index is 346. The zero-order chi connectivity index (χ0) is 10.7. The van der Waals surface area contributed by atoms with Gasteiger partial charge in [0.1, 0.15) is 0 Å². The molecule has 2 nitrogen and oxygen atoms in total. The number of hydrogen-bond acceptors (Lipinski definition) is 3. The van der Waals surface area contributed by atoms with Gasteiger partial charge >= 0.3 is 0 Å². The first-order valence-corrected chi connectivity index (χ1v) is 6.27. The van der Waals surface area contributed by atoms with Crippen molar-refractivity contribution in [1.82, 2.24) is 5.32 Å². The first kappa shape index (κ1) is 10.7. The average Bonchev–Trinajstić information content (AvgIpc) is 2.81. The van der Waals surface area contributed by atoms with E-state index in [9.17, 15) is 0 Å². The summed E-state index contributed by atoms with van der Waals surface area (Å²) in [4.78, 5) is 1.38. The molecule has 80 valence electrons. The van der Waals surface area contributed by atoms with Gasteiger partial charge in [-0.1, -0.05) is 6.07 Å². The minimum Gasteiger partial charge on any atom is -0.309 e. The number of nitrogens with one attached hydrogen (secondary N) is 1. The van der Waals surface area contributed by atoms with Crippen molar-refractivity contribution in [3.8, 4) is 6.07 Å². The minimum absolute atomic E-state index is 0.306. The third-order valence-corrected chi connectivity index (χ3v) is 4.22. The summed E-state index contributed by atoms with van der Waals surface area (Å²) in [5.74, 6) is 0. The largest absolute Gasteiger partial charge is 0.309 e. The van der Waals surface area contributed by atoms with Gasteiger partial charge in [0.25, 0.3) is 0 Å². The highest BCUT2D eigenvalue weighted by atomic mass is 32.1. The standard InChI is InChI=1S/C12H16N2S/c1-10(11-3-2-8-15-11)14-9-12(4-5-12)6-7-13/h2-3,8,10,14H,4-6,9H2,1H3. The Labute approximate surface area is 94.9 Å². The fourth-order valence-corrected chi connectivity index (χ4v) is 2.53. The predicted molar refractivity (Wildman–Crippen MR) is 62.6 cm³/mol. The lowest BCUT2D eigenvalue weighted by Crippen LogP contribution is -2.26. The van der Waals surface area contributed by atoms with Crippen LogP contribution in [-0.4, -0.2) is 6.54 Å². The van der Waals surface area contributed by atoms with E-state index in [1.165, 1.54) is 17.7 Å². The molecule has 0 radical (unpaired) electrons. The van der Waals surface area contributed by atoms with E-state index >= 15 is 0 Å². The molecule has 1 unspecified atom stereocenters. The van der Waals surface area contributed by atoms with Crippen LogP contribution in [-0.2, 0) is 0 Å². The number of hydrogen-bond donors (Lipinski definition) is 1. The molecule has 1 aromatic heterocycles. The molecule has 1 aromatic rings. The van der Waals surface area contributed by atoms with Crippen molar-refractivity contribution in [2.24, 2.45) is 5.41 Å². The molecular formula is C12H16N2S. The van der Waals surface area contributed by atoms with Crippen LogP contribution in [0.1, 0.15) is 37.1 Å². The number of rotatable bonds is 5. The van der Waals surface area contributed by atoms with Gasteiger partial charge in [-0.2, -0.15) is 5.26 Å². The molecule has 1 fully saturated rings. The lowest BCUT2D eigenvalue weighted by Gasteiger charge is -2.16. The fraction of sp³-hybridized carbons (Fsp3) is 0.583. The molecule has 3 heteroatoms. The second-order valence-electron chi connectivity index (χ2n) is 4.45. The van der Waals surface area contributed by atoms with Gasteiger partial charge in [0.05, 0.1) is 6.07 Å². The van der Waals surface area contributed by atoms with Crippen LogP contribution in [0.3, 0.4) is 0 Å². The van der Waals surface area contributed by atoms with Gasteiger partial charge in [-0.25, -0.2) is 0 Å². The van der Waals surface area contributed by atoms with Crippen LogP contribution >= 0.6 is 11.3 Å². The molecular weight excluding hydrogens is 204 g/mol. The minimum atomic E-state index is 0.306. The summed E-state index contributed by atoms with van der Waals surface area (Å²) in [6, 6.07) is 6.95. The van der Waals surface area contributed by atoms with Gasteiger partial charge in [0, 0.05) is 23.9 Å². The maximum absolute atomic E-state index is 8.72. The van der Waals surface area contributed by atoms with Crippen LogP contribution in [0.5, 0.6) is 0 Å². The predicted octanol–water partition coefficient (Wildman–Crippen LogP) is 3.09. The molecule has 1 aliphatic rings. The molecule has 0 aromatic carbocycles. The van der Waals surface area contributed by atoms with E-state index in [-0.39, 0.29) is 0 Å². The lowest BCUT2D eigenvalue weighted by molar-refractivity contribution is 0.435. The van der Waals surface area contributed by atoms with Gasteiger partial charge < -0.3 is 5.32 Å². The molecule has 0 bridgehead atoms. The summed E-state index contributed by atoms with van der Waals surface area (Å²) in [6.45, 7) is 3.17. The Morgan fingerprint density at radius 1 is 1.67 bits per heavy atom. The SMILES string of the molecule is CC(NCC1(CC#N)CC1)c1cccs1. The van der Waals surface area contributed by atoms with Gasteiger partial charge in [0.15, 0.2) is 0 Å². The van der Waals surface area contributed by atoms with Crippen LogP contribution in [0.15, 0.2) is 17.5 Å². The highest BCUT2D eigenvalue weighted by Gasteiger charge is 2.42. The molecule has 1 saturated carbocycles. The smallest absolute Gasteiger partial charge is 0.0628 e. The lowest BCUT2D eigenvalue weighted by atomic mass is 10.0. The summed E-state index contributed by atoms with van der Waals surface area (Å²) in [5, 5.41) is 14.4. The van der Waals surface area contributed by atoms with Gasteiger partial charge in [-0.3, -0.25) is 0 Å². The third-order valence-electron chi connectivity index (χ3n) is 3.16. The Morgan fingerprint density at radius 2 is 2.47 bits per heavy atom. The fourth-order valence-electron chi connectivity index (χ4n) is 1.77. The molecule has 1 aliphatic carbocycles. The summed E-state index contributed by atoms with van der Waals surface area (Å²) < 4.78 is 0. The first-order valence-electron chi connectivity index (χ1n) is 5.39. The Morgan fingerprint density at radius 3 is 3.00 bits per heavy atom. The van der Waals surface area contributed by atoms with Crippen molar-refractivity contribution >= 4 is 11.3 Å². The molecule has 0 aliphatic heterocycles. The molecule has 15 heavy (non-hydrogen) atoms. The van der Waals surface area contributed by atoms with E-state index in [0.717, 1.165) is 6.54 Å². The monoisotopic (exact) mass is 220 g/mol. The van der Waals surface area contributed by atoms with Gasteiger partial charge in [0.2, 0.25) is 0 Å². The Kier molecular flexibility index (Phi) is 3.08. The zero-order valence-electron chi connectivity index (χ0n) is 8.99. The third kappa shape index (κ3) is 2.58. The van der Waals surface area contributed by atoms with Crippen LogP contribution < -0.4 is 5.32 Å². The average molecular weight is 220 g/mol. The maximum Gasteiger partial charge on any atom is 0.0628 e. The Hall–Kier alpha value is -0.850. The number of nitrogens with zero attached hydrogens (tertiary/aromatic N) is 1. The summed E-state index contributed by atoms with van der Waals surface area (Å²) in [6.07, 6.45) is 3.13. The molecule has 1 N–H and O–H groups in total. The summed E-state index contributed by atoms with van der Waals surface area (Å²) in [5.41, 5.74) is 0.306. The van der Waals surface area contributed by atoms with E-state index in [1.807, 2.05) is 0 Å². The van der Waals surface area contributed by atoms with Crippen LogP contribution in [0.25, 0.3) is 0 Å². The van der Waals surface area contributed by atoms with Crippen LogP contribution in [0.4, 0.5) is 0 Å². The molecule has 0 saturated heterocycles. The molecule has 1 atom stereocenters. The van der Waals surface area contributed by atoms with E-state index < -0.39 is 0 Å². The van der Waals surface area contributed by atoms with Crippen molar-refractivity contribution in [2.45, 2.75) is 32.2 Å². The maximum atomic E-state index is 8.72. The zero-order valence-corrected chi connectivity index (χ0v) is 9.81. The molecule has 1 heterocycles. The highest BCUT2D eigenvalue weighted by molar-refractivity contribution is 7.10. The van der Waals surface area contributed by atoms with E-state index in [1.54, 1.807) is 11.3 Å².